The maximum absolute atomic E-state index is 13.2. The normalized spacial score (nSPS) is 21.6. The zero-order valence-electron chi connectivity index (χ0n) is 12.3. The Morgan fingerprint density at radius 3 is 2.86 bits per heavy atom. The molecular weight excluding hydrogens is 285 g/mol. The van der Waals surface area contributed by atoms with E-state index in [2.05, 4.69) is 10.1 Å². The first-order chi connectivity index (χ1) is 10.6. The van der Waals surface area contributed by atoms with Crippen molar-refractivity contribution in [2.45, 2.75) is 38.0 Å². The zero-order valence-corrected chi connectivity index (χ0v) is 12.3. The van der Waals surface area contributed by atoms with Gasteiger partial charge in [-0.25, -0.2) is 4.39 Å². The Morgan fingerprint density at radius 1 is 1.32 bits per heavy atom. The molecule has 1 unspecified atom stereocenters. The second kappa shape index (κ2) is 4.90. The van der Waals surface area contributed by atoms with E-state index in [-0.39, 0.29) is 17.6 Å². The smallest absolute Gasteiger partial charge is 0.232 e. The summed E-state index contributed by atoms with van der Waals surface area (Å²) in [6.45, 7) is 2.30. The molecular formula is C16H16FN3O2. The number of carbonyl (C=O) groups is 1. The average molecular weight is 301 g/mol. The Balaban J connectivity index is 1.57. The van der Waals surface area contributed by atoms with Gasteiger partial charge >= 0.3 is 0 Å². The Hall–Kier alpha value is -2.24. The summed E-state index contributed by atoms with van der Waals surface area (Å²) in [6.07, 6.45) is 2.58. The molecule has 0 bridgehead atoms. The van der Waals surface area contributed by atoms with Crippen molar-refractivity contribution in [3.05, 3.63) is 41.3 Å². The summed E-state index contributed by atoms with van der Waals surface area (Å²) < 4.78 is 18.6. The molecule has 0 N–H and O–H groups in total. The highest BCUT2D eigenvalue weighted by atomic mass is 19.1. The third-order valence-corrected chi connectivity index (χ3v) is 4.32. The van der Waals surface area contributed by atoms with E-state index < -0.39 is 0 Å². The Kier molecular flexibility index (Phi) is 2.99. The number of halogens is 1. The quantitative estimate of drug-likeness (QED) is 0.874. The number of rotatable bonds is 3. The van der Waals surface area contributed by atoms with Gasteiger partial charge in [-0.1, -0.05) is 5.16 Å². The third-order valence-electron chi connectivity index (χ3n) is 4.32. The van der Waals surface area contributed by atoms with Gasteiger partial charge in [-0.15, -0.1) is 0 Å². The van der Waals surface area contributed by atoms with Crippen LogP contribution in [0.1, 0.15) is 48.4 Å². The monoisotopic (exact) mass is 301 g/mol. The molecule has 2 aromatic rings. The lowest BCUT2D eigenvalue weighted by atomic mass is 10.1. The second-order valence-electron chi connectivity index (χ2n) is 6.10. The lowest BCUT2D eigenvalue weighted by Gasteiger charge is -2.18. The number of benzene rings is 1. The standard InChI is InChI=1S/C16H16FN3O2/c1-9-6-12(17)4-5-13(9)20-8-11(7-14(20)21)16-18-15(19-22-16)10-2-3-10/h4-6,10-11H,2-3,7-8H2,1H3. The number of carbonyl (C=O) groups excluding carboxylic acids is 1. The number of aryl methyl sites for hydroxylation is 1. The SMILES string of the molecule is Cc1cc(F)ccc1N1CC(c2nc(C3CC3)no2)CC1=O. The van der Waals surface area contributed by atoms with Gasteiger partial charge < -0.3 is 9.42 Å². The molecule has 1 saturated carbocycles. The summed E-state index contributed by atoms with van der Waals surface area (Å²) in [5.74, 6) is 1.36. The van der Waals surface area contributed by atoms with Gasteiger partial charge in [0.05, 0.1) is 5.92 Å². The Labute approximate surface area is 127 Å². The van der Waals surface area contributed by atoms with Crippen LogP contribution in [0.25, 0.3) is 0 Å². The highest BCUT2D eigenvalue weighted by Gasteiger charge is 2.37. The molecule has 0 spiro atoms. The van der Waals surface area contributed by atoms with Gasteiger partial charge in [-0.2, -0.15) is 4.98 Å². The van der Waals surface area contributed by atoms with E-state index in [1.807, 2.05) is 0 Å². The molecule has 1 aromatic heterocycles. The molecule has 1 amide bonds. The number of nitrogens with zero attached hydrogens (tertiary/aromatic N) is 3. The maximum Gasteiger partial charge on any atom is 0.232 e. The van der Waals surface area contributed by atoms with Gasteiger partial charge in [0.25, 0.3) is 0 Å². The van der Waals surface area contributed by atoms with Crippen LogP contribution in [0.5, 0.6) is 0 Å². The number of hydrogen-bond donors (Lipinski definition) is 0. The molecule has 1 aliphatic carbocycles. The number of hydrogen-bond acceptors (Lipinski definition) is 4. The van der Waals surface area contributed by atoms with Crippen LogP contribution in [0.3, 0.4) is 0 Å². The largest absolute Gasteiger partial charge is 0.339 e. The zero-order chi connectivity index (χ0) is 15.3. The Bertz CT molecular complexity index is 739. The fourth-order valence-corrected chi connectivity index (χ4v) is 2.95. The number of aromatic nitrogens is 2. The summed E-state index contributed by atoms with van der Waals surface area (Å²) in [4.78, 5) is 18.4. The molecule has 2 fully saturated rings. The molecule has 114 valence electrons. The van der Waals surface area contributed by atoms with Crippen LogP contribution in [0, 0.1) is 12.7 Å². The van der Waals surface area contributed by atoms with Crippen molar-refractivity contribution in [2.75, 3.05) is 11.4 Å². The molecule has 5 nitrogen and oxygen atoms in total. The second-order valence-corrected chi connectivity index (χ2v) is 6.10. The van der Waals surface area contributed by atoms with Crippen LogP contribution < -0.4 is 4.90 Å². The van der Waals surface area contributed by atoms with Gasteiger partial charge in [0.15, 0.2) is 5.82 Å². The van der Waals surface area contributed by atoms with Crippen molar-refractivity contribution in [1.29, 1.82) is 0 Å². The first-order valence-electron chi connectivity index (χ1n) is 7.52. The van der Waals surface area contributed by atoms with E-state index in [9.17, 15) is 9.18 Å². The van der Waals surface area contributed by atoms with Crippen molar-refractivity contribution in [1.82, 2.24) is 10.1 Å². The van der Waals surface area contributed by atoms with Crippen LogP contribution in [0.4, 0.5) is 10.1 Å². The van der Waals surface area contributed by atoms with Crippen LogP contribution in [0.2, 0.25) is 0 Å². The molecule has 1 aromatic carbocycles. The summed E-state index contributed by atoms with van der Waals surface area (Å²) >= 11 is 0. The van der Waals surface area contributed by atoms with Crippen LogP contribution in [-0.2, 0) is 4.79 Å². The average Bonchev–Trinajstić information content (AvgIpc) is 3.08. The number of amides is 1. The Morgan fingerprint density at radius 2 is 2.14 bits per heavy atom. The van der Waals surface area contributed by atoms with Crippen molar-refractivity contribution in [3.8, 4) is 0 Å². The van der Waals surface area contributed by atoms with Crippen LogP contribution in [0.15, 0.2) is 22.7 Å². The molecule has 6 heteroatoms. The van der Waals surface area contributed by atoms with Gasteiger partial charge in [-0.3, -0.25) is 4.79 Å². The predicted octanol–water partition coefficient (Wildman–Crippen LogP) is 2.92. The van der Waals surface area contributed by atoms with E-state index in [4.69, 9.17) is 4.52 Å². The first-order valence-corrected chi connectivity index (χ1v) is 7.52. The minimum absolute atomic E-state index is 0.00544. The molecule has 2 heterocycles. The first kappa shape index (κ1) is 13.4. The molecule has 4 rings (SSSR count). The van der Waals surface area contributed by atoms with E-state index in [0.29, 0.717) is 24.8 Å². The van der Waals surface area contributed by atoms with Crippen LogP contribution >= 0.6 is 0 Å². The van der Waals surface area contributed by atoms with E-state index >= 15 is 0 Å². The van der Waals surface area contributed by atoms with Crippen molar-refractivity contribution in [2.24, 2.45) is 0 Å². The predicted molar refractivity (Wildman–Crippen MR) is 77.1 cm³/mol. The van der Waals surface area contributed by atoms with Crippen molar-refractivity contribution in [3.63, 3.8) is 0 Å². The fraction of sp³-hybridized carbons (Fsp3) is 0.438. The topological polar surface area (TPSA) is 59.2 Å². The molecule has 1 atom stereocenters. The summed E-state index contributed by atoms with van der Waals surface area (Å²) in [6, 6.07) is 4.46. The van der Waals surface area contributed by atoms with Crippen LogP contribution in [-0.4, -0.2) is 22.6 Å². The lowest BCUT2D eigenvalue weighted by Crippen LogP contribution is -2.25. The van der Waals surface area contributed by atoms with Gasteiger partial charge in [0.2, 0.25) is 11.8 Å². The molecule has 1 saturated heterocycles. The molecule has 22 heavy (non-hydrogen) atoms. The van der Waals surface area contributed by atoms with Gasteiger partial charge in [0, 0.05) is 24.6 Å². The third kappa shape index (κ3) is 2.28. The molecule has 1 aliphatic heterocycles. The summed E-state index contributed by atoms with van der Waals surface area (Å²) in [7, 11) is 0. The van der Waals surface area contributed by atoms with Crippen molar-refractivity contribution >= 4 is 11.6 Å². The van der Waals surface area contributed by atoms with Crippen molar-refractivity contribution < 1.29 is 13.7 Å². The van der Waals surface area contributed by atoms with Gasteiger partial charge in [-0.05, 0) is 43.5 Å². The maximum atomic E-state index is 13.2. The lowest BCUT2D eigenvalue weighted by molar-refractivity contribution is -0.117. The van der Waals surface area contributed by atoms with E-state index in [1.54, 1.807) is 17.9 Å². The highest BCUT2D eigenvalue weighted by Crippen LogP contribution is 2.39. The fourth-order valence-electron chi connectivity index (χ4n) is 2.95. The van der Waals surface area contributed by atoms with E-state index in [1.165, 1.54) is 12.1 Å². The summed E-state index contributed by atoms with van der Waals surface area (Å²) in [5.41, 5.74) is 1.49. The van der Waals surface area contributed by atoms with E-state index in [0.717, 1.165) is 29.9 Å². The number of anilines is 1. The molecule has 0 radical (unpaired) electrons. The minimum Gasteiger partial charge on any atom is -0.339 e. The minimum atomic E-state index is -0.296. The molecule has 2 aliphatic rings. The highest BCUT2D eigenvalue weighted by molar-refractivity contribution is 5.97. The summed E-state index contributed by atoms with van der Waals surface area (Å²) in [5, 5.41) is 4.01. The van der Waals surface area contributed by atoms with Gasteiger partial charge in [0.1, 0.15) is 5.82 Å².